The zero-order valence-electron chi connectivity index (χ0n) is 21.4. The molecule has 184 valence electrons. The highest BCUT2D eigenvalue weighted by atomic mass is 16.7. The number of carbonyl (C=O) groups excluding carboxylic acids is 1. The van der Waals surface area contributed by atoms with Crippen LogP contribution in [0.2, 0.25) is 0 Å². The van der Waals surface area contributed by atoms with Gasteiger partial charge in [-0.1, -0.05) is 48.2 Å². The number of hydrogen-bond acceptors (Lipinski definition) is 4. The van der Waals surface area contributed by atoms with Gasteiger partial charge in [0.05, 0.1) is 11.1 Å². The summed E-state index contributed by atoms with van der Waals surface area (Å²) in [5.41, 5.74) is -0.187. The van der Waals surface area contributed by atoms with Crippen molar-refractivity contribution in [1.82, 2.24) is 5.06 Å². The third-order valence-corrected chi connectivity index (χ3v) is 6.41. The molecule has 4 heteroatoms. The molecule has 3 rings (SSSR count). The van der Waals surface area contributed by atoms with Gasteiger partial charge in [-0.05, 0) is 102 Å². The van der Waals surface area contributed by atoms with E-state index < -0.39 is 5.60 Å². The first-order chi connectivity index (χ1) is 16.6. The normalized spacial score (nSPS) is 16.8. The molecule has 1 heterocycles. The molecule has 0 amide bonds. The molecule has 0 unspecified atom stereocenters. The number of rotatable bonds is 6. The van der Waals surface area contributed by atoms with Gasteiger partial charge in [0.2, 0.25) is 0 Å². The Bertz CT molecular complexity index is 1020. The summed E-state index contributed by atoms with van der Waals surface area (Å²) in [6.07, 6.45) is 4.95. The second kappa shape index (κ2) is 11.6. The lowest BCUT2D eigenvalue weighted by Gasteiger charge is -2.50. The average molecular weight is 472 g/mol. The van der Waals surface area contributed by atoms with E-state index in [1.54, 1.807) is 0 Å². The highest BCUT2D eigenvalue weighted by molar-refractivity contribution is 5.69. The number of nitrogens with zero attached hydrogens (tertiary/aromatic N) is 1. The van der Waals surface area contributed by atoms with Crippen LogP contribution in [0, 0.1) is 23.7 Å². The first-order valence-corrected chi connectivity index (χ1v) is 12.5. The highest BCUT2D eigenvalue weighted by Crippen LogP contribution is 2.38. The summed E-state index contributed by atoms with van der Waals surface area (Å²) in [5, 5.41) is 13.1. The third-order valence-electron chi connectivity index (χ3n) is 6.41. The van der Waals surface area contributed by atoms with Gasteiger partial charge in [0.15, 0.2) is 5.60 Å². The van der Waals surface area contributed by atoms with Gasteiger partial charge in [0, 0.05) is 17.5 Å². The van der Waals surface area contributed by atoms with E-state index in [4.69, 9.17) is 4.84 Å². The number of hydroxylamine groups is 2. The molecule has 1 N–H and O–H groups in total. The van der Waals surface area contributed by atoms with Crippen LogP contribution in [0.5, 0.6) is 0 Å². The van der Waals surface area contributed by atoms with Crippen molar-refractivity contribution in [2.45, 2.75) is 89.3 Å². The molecule has 35 heavy (non-hydrogen) atoms. The zero-order chi connectivity index (χ0) is 25.4. The minimum Gasteiger partial charge on any atom is -0.367 e. The molecule has 0 spiro atoms. The van der Waals surface area contributed by atoms with Crippen LogP contribution in [0.3, 0.4) is 0 Å². The summed E-state index contributed by atoms with van der Waals surface area (Å²) in [5.74, 6) is 11.8. The molecular formula is C31H37NO3. The summed E-state index contributed by atoms with van der Waals surface area (Å²) in [4.78, 5) is 18.5. The van der Waals surface area contributed by atoms with Crippen molar-refractivity contribution in [3.8, 4) is 23.7 Å². The van der Waals surface area contributed by atoms with Gasteiger partial charge in [-0.25, -0.2) is 0 Å². The maximum Gasteiger partial charge on any atom is 0.325 e. The van der Waals surface area contributed by atoms with Gasteiger partial charge in [0.25, 0.3) is 0 Å². The summed E-state index contributed by atoms with van der Waals surface area (Å²) in [7, 11) is 0. The lowest BCUT2D eigenvalue weighted by atomic mass is 9.82. The van der Waals surface area contributed by atoms with Crippen molar-refractivity contribution < 1.29 is 14.7 Å². The maximum atomic E-state index is 12.7. The van der Waals surface area contributed by atoms with Gasteiger partial charge >= 0.3 is 5.97 Å². The van der Waals surface area contributed by atoms with E-state index in [2.05, 4.69) is 51.4 Å². The molecule has 1 saturated heterocycles. The van der Waals surface area contributed by atoms with E-state index in [-0.39, 0.29) is 23.5 Å². The quantitative estimate of drug-likeness (QED) is 0.422. The minimum absolute atomic E-state index is 0.183. The monoisotopic (exact) mass is 471 g/mol. The fraction of sp³-hybridized carbons (Fsp3) is 0.452. The molecule has 0 radical (unpaired) electrons. The molecule has 0 saturated carbocycles. The molecule has 0 bridgehead atoms. The molecule has 2 aromatic carbocycles. The Morgan fingerprint density at radius 3 is 1.86 bits per heavy atom. The first-order valence-electron chi connectivity index (χ1n) is 12.5. The van der Waals surface area contributed by atoms with Crippen molar-refractivity contribution in [3.63, 3.8) is 0 Å². The van der Waals surface area contributed by atoms with E-state index in [0.717, 1.165) is 30.4 Å². The highest BCUT2D eigenvalue weighted by Gasteiger charge is 2.44. The molecule has 1 fully saturated rings. The van der Waals surface area contributed by atoms with Crippen LogP contribution >= 0.6 is 0 Å². The van der Waals surface area contributed by atoms with Crippen LogP contribution in [0.25, 0.3) is 0 Å². The molecule has 4 nitrogen and oxygen atoms in total. The van der Waals surface area contributed by atoms with Crippen LogP contribution in [0.15, 0.2) is 60.7 Å². The Labute approximate surface area is 210 Å². The second-order valence-electron chi connectivity index (χ2n) is 10.5. The Hall–Kier alpha value is -3.05. The van der Waals surface area contributed by atoms with Crippen molar-refractivity contribution in [3.05, 3.63) is 71.8 Å². The predicted octanol–water partition coefficient (Wildman–Crippen LogP) is 5.88. The molecule has 1 aliphatic heterocycles. The van der Waals surface area contributed by atoms with Crippen molar-refractivity contribution >= 4 is 5.97 Å². The van der Waals surface area contributed by atoms with E-state index in [0.29, 0.717) is 19.3 Å². The molecule has 0 aliphatic carbocycles. The summed E-state index contributed by atoms with van der Waals surface area (Å²) in [6.45, 7) is 8.49. The van der Waals surface area contributed by atoms with E-state index in [1.807, 2.05) is 65.7 Å². The Morgan fingerprint density at radius 2 is 1.37 bits per heavy atom. The molecule has 2 aromatic rings. The topological polar surface area (TPSA) is 49.8 Å². The van der Waals surface area contributed by atoms with E-state index in [1.165, 1.54) is 0 Å². The smallest absolute Gasteiger partial charge is 0.325 e. The average Bonchev–Trinajstić information content (AvgIpc) is 2.83. The van der Waals surface area contributed by atoms with Gasteiger partial charge in [-0.15, -0.1) is 5.06 Å². The maximum absolute atomic E-state index is 12.7. The Balaban J connectivity index is 1.62. The molecule has 0 atom stereocenters. The summed E-state index contributed by atoms with van der Waals surface area (Å²) in [6, 6.07) is 19.1. The van der Waals surface area contributed by atoms with E-state index >= 15 is 0 Å². The Kier molecular flexibility index (Phi) is 8.79. The standard InChI is InChI=1S/C31H37NO3/c1-29(2)21-13-22-30(3,4)32(29)35-28(33)18-11-12-23-31(34,24-19-26-14-7-5-8-15-26)25-20-27-16-9-6-10-17-27/h5-10,14-17,34H,11-13,18,21-23H2,1-4H3. The van der Waals surface area contributed by atoms with Gasteiger partial charge in [-0.2, -0.15) is 0 Å². The Morgan fingerprint density at radius 1 is 0.886 bits per heavy atom. The fourth-order valence-corrected chi connectivity index (χ4v) is 4.57. The van der Waals surface area contributed by atoms with Crippen LogP contribution < -0.4 is 0 Å². The SMILES string of the molecule is CC1(C)CCCC(C)(C)N1OC(=O)CCCCC(O)(C#Cc1ccccc1)C#Cc1ccccc1. The second-order valence-corrected chi connectivity index (χ2v) is 10.5. The number of benzene rings is 2. The summed E-state index contributed by atoms with van der Waals surface area (Å²) < 4.78 is 0. The van der Waals surface area contributed by atoms with Gasteiger partial charge in [0.1, 0.15) is 0 Å². The number of carbonyl (C=O) groups is 1. The molecule has 1 aliphatic rings. The van der Waals surface area contributed by atoms with Gasteiger partial charge < -0.3 is 9.94 Å². The number of hydrogen-bond donors (Lipinski definition) is 1. The largest absolute Gasteiger partial charge is 0.367 e. The van der Waals surface area contributed by atoms with Crippen LogP contribution in [-0.2, 0) is 9.63 Å². The van der Waals surface area contributed by atoms with Crippen molar-refractivity contribution in [2.75, 3.05) is 0 Å². The number of piperidine rings is 1. The van der Waals surface area contributed by atoms with Crippen molar-refractivity contribution in [1.29, 1.82) is 0 Å². The molecular weight excluding hydrogens is 434 g/mol. The predicted molar refractivity (Wildman–Crippen MR) is 140 cm³/mol. The minimum atomic E-state index is -1.47. The fourth-order valence-electron chi connectivity index (χ4n) is 4.57. The number of aliphatic hydroxyl groups is 1. The first kappa shape index (κ1) is 26.6. The lowest BCUT2D eigenvalue weighted by molar-refractivity contribution is -0.265. The lowest BCUT2D eigenvalue weighted by Crippen LogP contribution is -2.58. The number of unbranched alkanes of at least 4 members (excludes halogenated alkanes) is 1. The van der Waals surface area contributed by atoms with Crippen LogP contribution in [-0.4, -0.2) is 32.8 Å². The summed E-state index contributed by atoms with van der Waals surface area (Å²) >= 11 is 0. The molecule has 0 aromatic heterocycles. The van der Waals surface area contributed by atoms with Gasteiger partial charge in [-0.3, -0.25) is 4.79 Å². The van der Waals surface area contributed by atoms with Crippen molar-refractivity contribution in [2.24, 2.45) is 0 Å². The van der Waals surface area contributed by atoms with Crippen LogP contribution in [0.4, 0.5) is 0 Å². The third kappa shape index (κ3) is 8.00. The van der Waals surface area contributed by atoms with E-state index in [9.17, 15) is 9.90 Å². The van der Waals surface area contributed by atoms with Crippen LogP contribution in [0.1, 0.15) is 83.8 Å². The zero-order valence-corrected chi connectivity index (χ0v) is 21.4.